The van der Waals surface area contributed by atoms with Gasteiger partial charge in [-0.1, -0.05) is 43.1 Å². The molecule has 0 aliphatic carbocycles. The van der Waals surface area contributed by atoms with Crippen molar-refractivity contribution in [2.24, 2.45) is 0 Å². The maximum absolute atomic E-state index is 12.7. The van der Waals surface area contributed by atoms with Crippen molar-refractivity contribution in [1.29, 1.82) is 0 Å². The Morgan fingerprint density at radius 3 is 2.65 bits per heavy atom. The van der Waals surface area contributed by atoms with Gasteiger partial charge in [0, 0.05) is 24.6 Å². The Labute approximate surface area is 124 Å². The molecule has 0 saturated carbocycles. The molecule has 2 rings (SSSR count). The highest BCUT2D eigenvalue weighted by Gasteiger charge is 2.19. The number of unbranched alkanes of at least 4 members (excludes halogenated alkanes) is 1. The Kier molecular flexibility index (Phi) is 5.13. The third-order valence-corrected chi connectivity index (χ3v) is 3.38. The maximum Gasteiger partial charge on any atom is 0.261 e. The number of aromatic nitrogens is 1. The zero-order chi connectivity index (χ0) is 14.4. The van der Waals surface area contributed by atoms with Gasteiger partial charge in [0.2, 0.25) is 0 Å². The van der Waals surface area contributed by atoms with E-state index in [9.17, 15) is 4.79 Å². The minimum absolute atomic E-state index is 0.109. The van der Waals surface area contributed by atoms with Gasteiger partial charge in [-0.2, -0.15) is 0 Å². The highest BCUT2D eigenvalue weighted by atomic mass is 35.5. The van der Waals surface area contributed by atoms with Crippen LogP contribution in [0.15, 0.2) is 48.8 Å². The van der Waals surface area contributed by atoms with E-state index < -0.39 is 0 Å². The minimum Gasteiger partial charge on any atom is -0.308 e. The monoisotopic (exact) mass is 288 g/mol. The molecule has 3 nitrogen and oxygen atoms in total. The first-order valence-electron chi connectivity index (χ1n) is 6.70. The van der Waals surface area contributed by atoms with E-state index in [0.29, 0.717) is 17.1 Å². The first-order chi connectivity index (χ1) is 9.74. The van der Waals surface area contributed by atoms with Crippen molar-refractivity contribution in [2.45, 2.75) is 19.8 Å². The third-order valence-electron chi connectivity index (χ3n) is 3.05. The lowest BCUT2D eigenvalue weighted by atomic mass is 10.2. The van der Waals surface area contributed by atoms with Crippen LogP contribution in [-0.2, 0) is 0 Å². The number of rotatable bonds is 5. The number of anilines is 1. The molecule has 0 N–H and O–H groups in total. The summed E-state index contributed by atoms with van der Waals surface area (Å²) in [5.74, 6) is -0.109. The molecular formula is C16H17ClN2O. The topological polar surface area (TPSA) is 33.2 Å². The van der Waals surface area contributed by atoms with E-state index in [2.05, 4.69) is 11.9 Å². The van der Waals surface area contributed by atoms with E-state index in [-0.39, 0.29) is 5.91 Å². The summed E-state index contributed by atoms with van der Waals surface area (Å²) in [7, 11) is 0. The molecule has 1 heterocycles. The molecule has 0 spiro atoms. The molecule has 2 aromatic rings. The van der Waals surface area contributed by atoms with Crippen molar-refractivity contribution in [3.63, 3.8) is 0 Å². The summed E-state index contributed by atoms with van der Waals surface area (Å²) in [4.78, 5) is 18.4. The highest BCUT2D eigenvalue weighted by Crippen LogP contribution is 2.21. The van der Waals surface area contributed by atoms with Crippen LogP contribution in [0.25, 0.3) is 0 Å². The Bertz CT molecular complexity index is 572. The molecule has 1 aromatic carbocycles. The number of carbonyl (C=O) groups is 1. The lowest BCUT2D eigenvalue weighted by Crippen LogP contribution is -2.32. The zero-order valence-electron chi connectivity index (χ0n) is 11.4. The molecule has 1 aromatic heterocycles. The molecule has 0 bridgehead atoms. The van der Waals surface area contributed by atoms with Gasteiger partial charge in [-0.15, -0.1) is 0 Å². The summed E-state index contributed by atoms with van der Waals surface area (Å²) in [5, 5.41) is 0.433. The summed E-state index contributed by atoms with van der Waals surface area (Å²) in [6.07, 6.45) is 5.07. The van der Waals surface area contributed by atoms with E-state index in [1.54, 1.807) is 17.2 Å². The fourth-order valence-corrected chi connectivity index (χ4v) is 2.14. The lowest BCUT2D eigenvalue weighted by Gasteiger charge is -2.23. The molecule has 104 valence electrons. The van der Waals surface area contributed by atoms with Crippen LogP contribution in [0.5, 0.6) is 0 Å². The molecular weight excluding hydrogens is 272 g/mol. The van der Waals surface area contributed by atoms with Crippen LogP contribution in [0.3, 0.4) is 0 Å². The van der Waals surface area contributed by atoms with Crippen molar-refractivity contribution in [2.75, 3.05) is 11.4 Å². The van der Waals surface area contributed by atoms with E-state index >= 15 is 0 Å². The molecule has 0 radical (unpaired) electrons. The Morgan fingerprint density at radius 1 is 1.25 bits per heavy atom. The van der Waals surface area contributed by atoms with Gasteiger partial charge in [0.15, 0.2) is 0 Å². The number of hydrogen-bond donors (Lipinski definition) is 0. The van der Waals surface area contributed by atoms with Gasteiger partial charge in [-0.25, -0.2) is 0 Å². The molecule has 0 aliphatic heterocycles. The SMILES string of the molecule is CCCCN(C(=O)c1cnccc1Cl)c1ccccc1. The van der Waals surface area contributed by atoms with E-state index in [1.165, 1.54) is 6.20 Å². The molecule has 20 heavy (non-hydrogen) atoms. The zero-order valence-corrected chi connectivity index (χ0v) is 12.2. The van der Waals surface area contributed by atoms with Crippen LogP contribution in [0, 0.1) is 0 Å². The van der Waals surface area contributed by atoms with E-state index in [1.807, 2.05) is 30.3 Å². The van der Waals surface area contributed by atoms with Crippen LogP contribution in [0.4, 0.5) is 5.69 Å². The number of amides is 1. The number of carbonyl (C=O) groups excluding carboxylic acids is 1. The summed E-state index contributed by atoms with van der Waals surface area (Å²) in [6, 6.07) is 11.3. The first-order valence-corrected chi connectivity index (χ1v) is 7.08. The number of para-hydroxylation sites is 1. The van der Waals surface area contributed by atoms with Crippen molar-refractivity contribution in [3.05, 3.63) is 59.4 Å². The summed E-state index contributed by atoms with van der Waals surface area (Å²) >= 11 is 6.10. The second kappa shape index (κ2) is 7.06. The second-order valence-corrected chi connectivity index (χ2v) is 4.91. The second-order valence-electron chi connectivity index (χ2n) is 4.50. The van der Waals surface area contributed by atoms with Gasteiger partial charge in [-0.3, -0.25) is 9.78 Å². The van der Waals surface area contributed by atoms with Crippen molar-refractivity contribution >= 4 is 23.2 Å². The molecule has 0 atom stereocenters. The van der Waals surface area contributed by atoms with Gasteiger partial charge in [0.1, 0.15) is 0 Å². The number of pyridine rings is 1. The fraction of sp³-hybridized carbons (Fsp3) is 0.250. The first kappa shape index (κ1) is 14.5. The molecule has 4 heteroatoms. The van der Waals surface area contributed by atoms with Crippen molar-refractivity contribution in [3.8, 4) is 0 Å². The fourth-order valence-electron chi connectivity index (χ4n) is 1.95. The van der Waals surface area contributed by atoms with Crippen molar-refractivity contribution < 1.29 is 4.79 Å². The molecule has 1 amide bonds. The highest BCUT2D eigenvalue weighted by molar-refractivity contribution is 6.34. The molecule has 0 fully saturated rings. The van der Waals surface area contributed by atoms with Gasteiger partial charge in [-0.05, 0) is 24.6 Å². The van der Waals surface area contributed by atoms with E-state index in [0.717, 1.165) is 18.5 Å². The molecule has 0 aliphatic rings. The van der Waals surface area contributed by atoms with Crippen LogP contribution < -0.4 is 4.90 Å². The molecule has 0 saturated heterocycles. The van der Waals surface area contributed by atoms with Gasteiger partial charge in [0.05, 0.1) is 10.6 Å². The lowest BCUT2D eigenvalue weighted by molar-refractivity contribution is 0.0986. The Balaban J connectivity index is 2.32. The predicted octanol–water partition coefficient (Wildman–Crippen LogP) is 4.18. The summed E-state index contributed by atoms with van der Waals surface area (Å²) in [6.45, 7) is 2.77. The molecule has 0 unspecified atom stereocenters. The average Bonchev–Trinajstić information content (AvgIpc) is 2.49. The van der Waals surface area contributed by atoms with Gasteiger partial charge >= 0.3 is 0 Å². The average molecular weight is 289 g/mol. The minimum atomic E-state index is -0.109. The van der Waals surface area contributed by atoms with Crippen molar-refractivity contribution in [1.82, 2.24) is 4.98 Å². The normalized spacial score (nSPS) is 10.3. The van der Waals surface area contributed by atoms with Crippen LogP contribution >= 0.6 is 11.6 Å². The standard InChI is InChI=1S/C16H17ClN2O/c1-2-3-11-19(13-7-5-4-6-8-13)16(20)14-12-18-10-9-15(14)17/h4-10,12H,2-3,11H2,1H3. The number of benzene rings is 1. The maximum atomic E-state index is 12.7. The third kappa shape index (κ3) is 3.36. The Morgan fingerprint density at radius 2 is 2.00 bits per heavy atom. The van der Waals surface area contributed by atoms with E-state index in [4.69, 9.17) is 11.6 Å². The van der Waals surface area contributed by atoms with Crippen LogP contribution in [0.1, 0.15) is 30.1 Å². The number of halogens is 1. The Hall–Kier alpha value is -1.87. The summed E-state index contributed by atoms with van der Waals surface area (Å²) < 4.78 is 0. The van der Waals surface area contributed by atoms with Gasteiger partial charge < -0.3 is 4.90 Å². The number of hydrogen-bond acceptors (Lipinski definition) is 2. The smallest absolute Gasteiger partial charge is 0.261 e. The van der Waals surface area contributed by atoms with Gasteiger partial charge in [0.25, 0.3) is 5.91 Å². The van der Waals surface area contributed by atoms with Crippen LogP contribution in [0.2, 0.25) is 5.02 Å². The quantitative estimate of drug-likeness (QED) is 0.827. The number of nitrogens with zero attached hydrogens (tertiary/aromatic N) is 2. The largest absolute Gasteiger partial charge is 0.308 e. The van der Waals surface area contributed by atoms with Crippen LogP contribution in [-0.4, -0.2) is 17.4 Å². The summed E-state index contributed by atoms with van der Waals surface area (Å²) in [5.41, 5.74) is 1.32. The predicted molar refractivity (Wildman–Crippen MR) is 82.3 cm³/mol.